The zero-order valence-electron chi connectivity index (χ0n) is 7.81. The fraction of sp³-hybridized carbons (Fsp3) is 1.00. The minimum Gasteiger partial charge on any atom is -0.377 e. The van der Waals surface area contributed by atoms with Gasteiger partial charge in [-0.1, -0.05) is 0 Å². The first-order valence-electron chi connectivity index (χ1n) is 4.44. The Bertz CT molecular complexity index is 111. The molecule has 1 aliphatic heterocycles. The van der Waals surface area contributed by atoms with Gasteiger partial charge in [0.25, 0.3) is 0 Å². The second-order valence-electron chi connectivity index (χ2n) is 4.27. The molecule has 1 aliphatic rings. The van der Waals surface area contributed by atoms with Gasteiger partial charge in [0, 0.05) is 18.7 Å². The van der Waals surface area contributed by atoms with E-state index in [2.05, 4.69) is 26.1 Å². The van der Waals surface area contributed by atoms with E-state index in [-0.39, 0.29) is 5.54 Å². The fourth-order valence-corrected chi connectivity index (χ4v) is 1.23. The molecule has 0 unspecified atom stereocenters. The SMILES string of the molecule is CC(C)(C)NC[C@@H]1CCCO1. The fourth-order valence-electron chi connectivity index (χ4n) is 1.23. The van der Waals surface area contributed by atoms with E-state index in [0.717, 1.165) is 13.2 Å². The van der Waals surface area contributed by atoms with Crippen molar-refractivity contribution in [2.24, 2.45) is 0 Å². The summed E-state index contributed by atoms with van der Waals surface area (Å²) >= 11 is 0. The van der Waals surface area contributed by atoms with Gasteiger partial charge in [0.05, 0.1) is 6.10 Å². The topological polar surface area (TPSA) is 21.3 Å². The molecule has 0 aromatic heterocycles. The third kappa shape index (κ3) is 3.73. The van der Waals surface area contributed by atoms with Crippen LogP contribution >= 0.6 is 0 Å². The van der Waals surface area contributed by atoms with Crippen LogP contribution in [0.15, 0.2) is 0 Å². The Morgan fingerprint density at radius 1 is 1.45 bits per heavy atom. The summed E-state index contributed by atoms with van der Waals surface area (Å²) in [5.41, 5.74) is 0.228. The number of rotatable bonds is 2. The van der Waals surface area contributed by atoms with E-state index in [4.69, 9.17) is 4.74 Å². The van der Waals surface area contributed by atoms with E-state index in [1.165, 1.54) is 12.8 Å². The summed E-state index contributed by atoms with van der Waals surface area (Å²) in [5.74, 6) is 0. The highest BCUT2D eigenvalue weighted by molar-refractivity contribution is 4.75. The number of hydrogen-bond acceptors (Lipinski definition) is 2. The van der Waals surface area contributed by atoms with Crippen molar-refractivity contribution < 1.29 is 4.74 Å². The van der Waals surface area contributed by atoms with Crippen LogP contribution in [0.3, 0.4) is 0 Å². The van der Waals surface area contributed by atoms with Crippen molar-refractivity contribution in [3.05, 3.63) is 0 Å². The molecule has 2 heteroatoms. The van der Waals surface area contributed by atoms with Crippen molar-refractivity contribution >= 4 is 0 Å². The molecule has 0 amide bonds. The van der Waals surface area contributed by atoms with Gasteiger partial charge in [0.2, 0.25) is 0 Å². The Labute approximate surface area is 69.3 Å². The Morgan fingerprint density at radius 3 is 2.64 bits per heavy atom. The lowest BCUT2D eigenvalue weighted by atomic mass is 10.1. The van der Waals surface area contributed by atoms with E-state index in [1.54, 1.807) is 0 Å². The number of hydrogen-bond donors (Lipinski definition) is 1. The van der Waals surface area contributed by atoms with Gasteiger partial charge in [-0.2, -0.15) is 0 Å². The van der Waals surface area contributed by atoms with Crippen molar-refractivity contribution in [3.63, 3.8) is 0 Å². The zero-order valence-corrected chi connectivity index (χ0v) is 7.81. The first-order valence-corrected chi connectivity index (χ1v) is 4.44. The molecule has 0 aromatic carbocycles. The molecular formula is C9H19NO. The molecule has 66 valence electrons. The van der Waals surface area contributed by atoms with Gasteiger partial charge >= 0.3 is 0 Å². The van der Waals surface area contributed by atoms with Crippen LogP contribution in [0.2, 0.25) is 0 Å². The van der Waals surface area contributed by atoms with Crippen LogP contribution in [0.4, 0.5) is 0 Å². The molecule has 1 heterocycles. The molecule has 1 rings (SSSR count). The maximum atomic E-state index is 5.49. The second kappa shape index (κ2) is 3.55. The largest absolute Gasteiger partial charge is 0.377 e. The Morgan fingerprint density at radius 2 is 2.18 bits per heavy atom. The van der Waals surface area contributed by atoms with Gasteiger partial charge in [-0.05, 0) is 33.6 Å². The lowest BCUT2D eigenvalue weighted by Crippen LogP contribution is -2.40. The molecule has 2 nitrogen and oxygen atoms in total. The molecule has 1 atom stereocenters. The van der Waals surface area contributed by atoms with E-state index in [0.29, 0.717) is 6.10 Å². The molecule has 0 aromatic rings. The van der Waals surface area contributed by atoms with Crippen molar-refractivity contribution in [2.45, 2.75) is 45.3 Å². The summed E-state index contributed by atoms with van der Waals surface area (Å²) in [6, 6.07) is 0. The third-order valence-electron chi connectivity index (χ3n) is 1.88. The lowest BCUT2D eigenvalue weighted by molar-refractivity contribution is 0.104. The average Bonchev–Trinajstić information content (AvgIpc) is 2.32. The van der Waals surface area contributed by atoms with E-state index in [9.17, 15) is 0 Å². The van der Waals surface area contributed by atoms with Crippen molar-refractivity contribution in [2.75, 3.05) is 13.2 Å². The van der Waals surface area contributed by atoms with Gasteiger partial charge in [-0.15, -0.1) is 0 Å². The Hall–Kier alpha value is -0.0800. The lowest BCUT2D eigenvalue weighted by Gasteiger charge is -2.22. The smallest absolute Gasteiger partial charge is 0.0700 e. The molecule has 1 N–H and O–H groups in total. The van der Waals surface area contributed by atoms with Crippen molar-refractivity contribution in [1.29, 1.82) is 0 Å². The van der Waals surface area contributed by atoms with Crippen LogP contribution in [0.25, 0.3) is 0 Å². The molecule has 1 fully saturated rings. The monoisotopic (exact) mass is 157 g/mol. The minimum atomic E-state index is 0.228. The summed E-state index contributed by atoms with van der Waals surface area (Å²) in [5, 5.41) is 3.44. The second-order valence-corrected chi connectivity index (χ2v) is 4.27. The van der Waals surface area contributed by atoms with Gasteiger partial charge in [0.1, 0.15) is 0 Å². The van der Waals surface area contributed by atoms with Crippen LogP contribution in [0, 0.1) is 0 Å². The van der Waals surface area contributed by atoms with Crippen molar-refractivity contribution in [1.82, 2.24) is 5.32 Å². The molecule has 1 saturated heterocycles. The Kier molecular flexibility index (Phi) is 2.90. The standard InChI is InChI=1S/C9H19NO/c1-9(2,3)10-7-8-5-4-6-11-8/h8,10H,4-7H2,1-3H3/t8-/m0/s1. The van der Waals surface area contributed by atoms with Crippen LogP contribution < -0.4 is 5.32 Å². The molecule has 0 radical (unpaired) electrons. The van der Waals surface area contributed by atoms with Crippen LogP contribution in [0.5, 0.6) is 0 Å². The van der Waals surface area contributed by atoms with Gasteiger partial charge in [-0.25, -0.2) is 0 Å². The van der Waals surface area contributed by atoms with Gasteiger partial charge in [0.15, 0.2) is 0 Å². The maximum Gasteiger partial charge on any atom is 0.0700 e. The summed E-state index contributed by atoms with van der Waals surface area (Å²) in [7, 11) is 0. The van der Waals surface area contributed by atoms with E-state index >= 15 is 0 Å². The van der Waals surface area contributed by atoms with E-state index in [1.807, 2.05) is 0 Å². The molecular weight excluding hydrogens is 138 g/mol. The highest BCUT2D eigenvalue weighted by Crippen LogP contribution is 2.11. The maximum absolute atomic E-state index is 5.49. The minimum absolute atomic E-state index is 0.228. The Balaban J connectivity index is 2.11. The summed E-state index contributed by atoms with van der Waals surface area (Å²) in [6.45, 7) is 8.51. The molecule has 0 saturated carbocycles. The van der Waals surface area contributed by atoms with Crippen molar-refractivity contribution in [3.8, 4) is 0 Å². The first kappa shape index (κ1) is 9.01. The van der Waals surface area contributed by atoms with E-state index < -0.39 is 0 Å². The average molecular weight is 157 g/mol. The van der Waals surface area contributed by atoms with Crippen LogP contribution in [-0.2, 0) is 4.74 Å². The molecule has 11 heavy (non-hydrogen) atoms. The summed E-state index contributed by atoms with van der Waals surface area (Å²) in [6.07, 6.45) is 2.92. The van der Waals surface area contributed by atoms with Gasteiger partial charge in [-0.3, -0.25) is 0 Å². The van der Waals surface area contributed by atoms with Crippen LogP contribution in [0.1, 0.15) is 33.6 Å². The predicted octanol–water partition coefficient (Wildman–Crippen LogP) is 1.55. The molecule has 0 bridgehead atoms. The highest BCUT2D eigenvalue weighted by atomic mass is 16.5. The van der Waals surface area contributed by atoms with Gasteiger partial charge < -0.3 is 10.1 Å². The highest BCUT2D eigenvalue weighted by Gasteiger charge is 2.17. The summed E-state index contributed by atoms with van der Waals surface area (Å²) < 4.78 is 5.49. The molecule has 0 aliphatic carbocycles. The van der Waals surface area contributed by atoms with Crippen LogP contribution in [-0.4, -0.2) is 24.8 Å². The first-order chi connectivity index (χ1) is 5.08. The predicted molar refractivity (Wildman–Crippen MR) is 46.7 cm³/mol. The quantitative estimate of drug-likeness (QED) is 0.656. The number of nitrogens with one attached hydrogen (secondary N) is 1. The normalized spacial score (nSPS) is 25.9. The number of ether oxygens (including phenoxy) is 1. The zero-order chi connectivity index (χ0) is 8.32. The third-order valence-corrected chi connectivity index (χ3v) is 1.88. The summed E-state index contributed by atoms with van der Waals surface area (Å²) in [4.78, 5) is 0. The molecule has 0 spiro atoms.